The van der Waals surface area contributed by atoms with Gasteiger partial charge in [-0.05, 0) is 17.7 Å². The molecule has 0 unspecified atom stereocenters. The van der Waals surface area contributed by atoms with Gasteiger partial charge in [0.15, 0.2) is 5.82 Å². The molecule has 1 aromatic heterocycles. The van der Waals surface area contributed by atoms with E-state index in [9.17, 15) is 9.18 Å². The Morgan fingerprint density at radius 2 is 2.00 bits per heavy atom. The lowest BCUT2D eigenvalue weighted by Gasteiger charge is -2.01. The van der Waals surface area contributed by atoms with Crippen molar-refractivity contribution in [2.24, 2.45) is 0 Å². The molecule has 0 saturated heterocycles. The van der Waals surface area contributed by atoms with E-state index in [4.69, 9.17) is 5.11 Å². The first-order valence-electron chi connectivity index (χ1n) is 4.94. The maximum Gasteiger partial charge on any atom is 0.307 e. The highest BCUT2D eigenvalue weighted by molar-refractivity contribution is 5.70. The molecule has 17 heavy (non-hydrogen) atoms. The van der Waals surface area contributed by atoms with Crippen molar-refractivity contribution in [3.63, 3.8) is 0 Å². The van der Waals surface area contributed by atoms with Gasteiger partial charge in [0.2, 0.25) is 0 Å². The average Bonchev–Trinajstić information content (AvgIpc) is 2.29. The molecule has 0 amide bonds. The minimum absolute atomic E-state index is 0.122. The van der Waals surface area contributed by atoms with Crippen molar-refractivity contribution in [2.45, 2.75) is 6.42 Å². The van der Waals surface area contributed by atoms with Crippen molar-refractivity contribution in [3.05, 3.63) is 48.0 Å². The summed E-state index contributed by atoms with van der Waals surface area (Å²) in [6, 6.07) is 5.92. The van der Waals surface area contributed by atoms with Crippen LogP contribution in [0.15, 0.2) is 36.7 Å². The minimum atomic E-state index is -0.938. The molecule has 0 aliphatic carbocycles. The quantitative estimate of drug-likeness (QED) is 0.877. The van der Waals surface area contributed by atoms with E-state index in [1.54, 1.807) is 12.1 Å². The van der Waals surface area contributed by atoms with Gasteiger partial charge in [0.05, 0.1) is 6.42 Å². The molecule has 0 saturated carbocycles. The topological polar surface area (TPSA) is 63.1 Å². The molecule has 0 bridgehead atoms. The van der Waals surface area contributed by atoms with Crippen molar-refractivity contribution in [3.8, 4) is 11.4 Å². The summed E-state index contributed by atoms with van der Waals surface area (Å²) in [4.78, 5) is 18.5. The van der Waals surface area contributed by atoms with Gasteiger partial charge in [-0.3, -0.25) is 4.79 Å². The molecule has 0 radical (unpaired) electrons. The smallest absolute Gasteiger partial charge is 0.307 e. The highest BCUT2D eigenvalue weighted by atomic mass is 19.1. The van der Waals surface area contributed by atoms with Crippen molar-refractivity contribution in [2.75, 3.05) is 0 Å². The number of carboxylic acids is 1. The van der Waals surface area contributed by atoms with Crippen LogP contribution >= 0.6 is 0 Å². The summed E-state index contributed by atoms with van der Waals surface area (Å²) in [7, 11) is 0. The predicted molar refractivity (Wildman–Crippen MR) is 58.8 cm³/mol. The summed E-state index contributed by atoms with van der Waals surface area (Å²) < 4.78 is 13.0. The van der Waals surface area contributed by atoms with E-state index in [0.717, 1.165) is 0 Å². The van der Waals surface area contributed by atoms with Crippen molar-refractivity contribution >= 4 is 5.97 Å². The zero-order valence-corrected chi connectivity index (χ0v) is 8.80. The molecule has 1 N–H and O–H groups in total. The normalized spacial score (nSPS) is 10.2. The fraction of sp³-hybridized carbons (Fsp3) is 0.0833. The molecule has 0 aliphatic heterocycles. The van der Waals surface area contributed by atoms with Gasteiger partial charge in [0.25, 0.3) is 0 Å². The lowest BCUT2D eigenvalue weighted by molar-refractivity contribution is -0.136. The lowest BCUT2D eigenvalue weighted by atomic mass is 10.2. The number of halogens is 1. The monoisotopic (exact) mass is 232 g/mol. The summed E-state index contributed by atoms with van der Waals surface area (Å²) >= 11 is 0. The molecule has 5 heteroatoms. The maximum absolute atomic E-state index is 13.0. The first-order chi connectivity index (χ1) is 8.15. The highest BCUT2D eigenvalue weighted by Crippen LogP contribution is 2.15. The standard InChI is InChI=1S/C12H9FN2O2/c13-10-3-1-2-9(5-10)12-14-6-8(7-15-12)4-11(16)17/h1-3,5-7H,4H2,(H,16,17). The molecule has 2 rings (SSSR count). The van der Waals surface area contributed by atoms with Gasteiger partial charge in [0.1, 0.15) is 5.82 Å². The van der Waals surface area contributed by atoms with E-state index in [0.29, 0.717) is 17.0 Å². The number of hydrogen-bond acceptors (Lipinski definition) is 3. The van der Waals surface area contributed by atoms with Crippen LogP contribution in [0.25, 0.3) is 11.4 Å². The second-order valence-electron chi connectivity index (χ2n) is 3.50. The molecule has 0 atom stereocenters. The Bertz CT molecular complexity index is 540. The summed E-state index contributed by atoms with van der Waals surface area (Å²) in [5.41, 5.74) is 1.07. The van der Waals surface area contributed by atoms with Crippen LogP contribution in [0.4, 0.5) is 4.39 Å². The molecule has 1 aromatic carbocycles. The Hall–Kier alpha value is -2.30. The molecule has 0 spiro atoms. The second-order valence-corrected chi connectivity index (χ2v) is 3.50. The SMILES string of the molecule is O=C(O)Cc1cnc(-c2cccc(F)c2)nc1. The number of carbonyl (C=O) groups is 1. The van der Waals surface area contributed by atoms with Crippen molar-refractivity contribution in [1.29, 1.82) is 0 Å². The van der Waals surface area contributed by atoms with Crippen LogP contribution in [0.1, 0.15) is 5.56 Å². The zero-order chi connectivity index (χ0) is 12.3. The van der Waals surface area contributed by atoms with Crippen LogP contribution in [-0.4, -0.2) is 21.0 Å². The third-order valence-corrected chi connectivity index (χ3v) is 2.14. The van der Waals surface area contributed by atoms with Gasteiger partial charge in [0, 0.05) is 18.0 Å². The van der Waals surface area contributed by atoms with Crippen LogP contribution in [-0.2, 0) is 11.2 Å². The Morgan fingerprint density at radius 1 is 1.29 bits per heavy atom. The van der Waals surface area contributed by atoms with Crippen LogP contribution in [0.5, 0.6) is 0 Å². The number of rotatable bonds is 3. The Labute approximate surface area is 96.8 Å². The molecule has 0 aliphatic rings. The van der Waals surface area contributed by atoms with Gasteiger partial charge < -0.3 is 5.11 Å². The van der Waals surface area contributed by atoms with E-state index in [-0.39, 0.29) is 12.2 Å². The molecule has 2 aromatic rings. The highest BCUT2D eigenvalue weighted by Gasteiger charge is 2.04. The first-order valence-corrected chi connectivity index (χ1v) is 4.94. The predicted octanol–water partition coefficient (Wildman–Crippen LogP) is 1.91. The number of aliphatic carboxylic acids is 1. The summed E-state index contributed by atoms with van der Waals surface area (Å²) in [5.74, 6) is -0.925. The fourth-order valence-corrected chi connectivity index (χ4v) is 1.40. The van der Waals surface area contributed by atoms with E-state index < -0.39 is 5.97 Å². The van der Waals surface area contributed by atoms with Crippen molar-refractivity contribution in [1.82, 2.24) is 9.97 Å². The third-order valence-electron chi connectivity index (χ3n) is 2.14. The van der Waals surface area contributed by atoms with E-state index >= 15 is 0 Å². The van der Waals surface area contributed by atoms with E-state index in [1.807, 2.05) is 0 Å². The number of nitrogens with zero attached hydrogens (tertiary/aromatic N) is 2. The lowest BCUT2D eigenvalue weighted by Crippen LogP contribution is -2.01. The number of aromatic nitrogens is 2. The molecule has 4 nitrogen and oxygen atoms in total. The average molecular weight is 232 g/mol. The van der Waals surface area contributed by atoms with Crippen molar-refractivity contribution < 1.29 is 14.3 Å². The molecular formula is C12H9FN2O2. The van der Waals surface area contributed by atoms with Gasteiger partial charge in [-0.15, -0.1) is 0 Å². The Morgan fingerprint density at radius 3 is 2.59 bits per heavy atom. The number of benzene rings is 1. The summed E-state index contributed by atoms with van der Waals surface area (Å²) in [6.45, 7) is 0. The van der Waals surface area contributed by atoms with Crippen LogP contribution < -0.4 is 0 Å². The van der Waals surface area contributed by atoms with E-state index in [2.05, 4.69) is 9.97 Å². The molecule has 0 fully saturated rings. The fourth-order valence-electron chi connectivity index (χ4n) is 1.40. The minimum Gasteiger partial charge on any atom is -0.481 e. The molecule has 86 valence electrons. The molecular weight excluding hydrogens is 223 g/mol. The van der Waals surface area contributed by atoms with Gasteiger partial charge in [-0.25, -0.2) is 14.4 Å². The number of carboxylic acid groups (broad SMARTS) is 1. The summed E-state index contributed by atoms with van der Waals surface area (Å²) in [5, 5.41) is 8.58. The Balaban J connectivity index is 2.26. The largest absolute Gasteiger partial charge is 0.481 e. The second kappa shape index (κ2) is 4.69. The Kier molecular flexibility index (Phi) is 3.09. The third kappa shape index (κ3) is 2.84. The molecule has 1 heterocycles. The number of hydrogen-bond donors (Lipinski definition) is 1. The van der Waals surface area contributed by atoms with E-state index in [1.165, 1.54) is 24.5 Å². The van der Waals surface area contributed by atoms with Crippen LogP contribution in [0.2, 0.25) is 0 Å². The van der Waals surface area contributed by atoms with Crippen LogP contribution in [0.3, 0.4) is 0 Å². The van der Waals surface area contributed by atoms with Gasteiger partial charge in [-0.1, -0.05) is 12.1 Å². The maximum atomic E-state index is 13.0. The summed E-state index contributed by atoms with van der Waals surface area (Å²) in [6.07, 6.45) is 2.74. The zero-order valence-electron chi connectivity index (χ0n) is 8.80. The first kappa shape index (κ1) is 11.2. The van der Waals surface area contributed by atoms with Crippen LogP contribution in [0, 0.1) is 5.82 Å². The van der Waals surface area contributed by atoms with Gasteiger partial charge >= 0.3 is 5.97 Å². The van der Waals surface area contributed by atoms with Gasteiger partial charge in [-0.2, -0.15) is 0 Å².